The summed E-state index contributed by atoms with van der Waals surface area (Å²) in [4.78, 5) is 10.8. The Labute approximate surface area is 82.6 Å². The number of hydrogen-bond donors (Lipinski definition) is 1. The van der Waals surface area contributed by atoms with Crippen molar-refractivity contribution in [1.82, 2.24) is 0 Å². The molecule has 0 aliphatic heterocycles. The van der Waals surface area contributed by atoms with E-state index in [1.54, 1.807) is 30.4 Å². The molecule has 3 nitrogen and oxygen atoms in total. The van der Waals surface area contributed by atoms with Gasteiger partial charge in [0.1, 0.15) is 5.75 Å². The molecule has 1 rings (SSSR count). The van der Waals surface area contributed by atoms with Gasteiger partial charge in [0.2, 0.25) is 0 Å². The molecule has 1 aromatic carbocycles. The van der Waals surface area contributed by atoms with Gasteiger partial charge >= 0.3 is 5.97 Å². The number of carbonyl (C=O) groups excluding carboxylic acids is 1. The van der Waals surface area contributed by atoms with Crippen molar-refractivity contribution in [2.75, 3.05) is 7.11 Å². The van der Waals surface area contributed by atoms with Crippen LogP contribution in [0.25, 0.3) is 6.08 Å². The fourth-order valence-electron chi connectivity index (χ4n) is 0.994. The molecule has 0 bridgehead atoms. The zero-order chi connectivity index (χ0) is 10.4. The van der Waals surface area contributed by atoms with Crippen LogP contribution >= 0.6 is 0 Å². The Morgan fingerprint density at radius 1 is 1.50 bits per heavy atom. The second kappa shape index (κ2) is 5.07. The molecule has 74 valence electrons. The number of ether oxygens (including phenoxy) is 1. The van der Waals surface area contributed by atoms with Crippen LogP contribution in [-0.2, 0) is 9.53 Å². The molecule has 0 amide bonds. The number of benzene rings is 1. The highest BCUT2D eigenvalue weighted by molar-refractivity contribution is 5.72. The van der Waals surface area contributed by atoms with Crippen LogP contribution in [0.2, 0.25) is 0 Å². The molecule has 0 fully saturated rings. The molecule has 0 unspecified atom stereocenters. The van der Waals surface area contributed by atoms with Gasteiger partial charge in [-0.3, -0.25) is 4.79 Å². The van der Waals surface area contributed by atoms with E-state index < -0.39 is 0 Å². The van der Waals surface area contributed by atoms with Crippen molar-refractivity contribution in [3.05, 3.63) is 35.9 Å². The van der Waals surface area contributed by atoms with Crippen LogP contribution in [0.1, 0.15) is 12.0 Å². The summed E-state index contributed by atoms with van der Waals surface area (Å²) in [5, 5.41) is 9.37. The van der Waals surface area contributed by atoms with Crippen molar-refractivity contribution < 1.29 is 14.6 Å². The first-order chi connectivity index (χ1) is 6.74. The van der Waals surface area contributed by atoms with E-state index in [1.807, 2.05) is 6.07 Å². The molecule has 0 radical (unpaired) electrons. The molecule has 1 aromatic rings. The van der Waals surface area contributed by atoms with Crippen molar-refractivity contribution in [3.8, 4) is 5.75 Å². The first-order valence-electron chi connectivity index (χ1n) is 4.25. The third-order valence-corrected chi connectivity index (χ3v) is 1.75. The molecule has 14 heavy (non-hydrogen) atoms. The minimum absolute atomic E-state index is 0.202. The number of carbonyl (C=O) groups is 1. The first kappa shape index (κ1) is 10.3. The van der Waals surface area contributed by atoms with Crippen LogP contribution in [0.4, 0.5) is 0 Å². The van der Waals surface area contributed by atoms with Crippen molar-refractivity contribution in [2.45, 2.75) is 6.42 Å². The molecule has 0 aliphatic carbocycles. The fourth-order valence-corrected chi connectivity index (χ4v) is 0.994. The lowest BCUT2D eigenvalue weighted by atomic mass is 10.2. The van der Waals surface area contributed by atoms with Crippen molar-refractivity contribution in [2.24, 2.45) is 0 Å². The van der Waals surface area contributed by atoms with Crippen LogP contribution in [0.15, 0.2) is 30.3 Å². The molecule has 0 spiro atoms. The highest BCUT2D eigenvalue weighted by atomic mass is 16.5. The van der Waals surface area contributed by atoms with E-state index in [0.717, 1.165) is 0 Å². The van der Waals surface area contributed by atoms with Gasteiger partial charge in [0.25, 0.3) is 0 Å². The summed E-state index contributed by atoms with van der Waals surface area (Å²) in [6.45, 7) is 0. The summed E-state index contributed by atoms with van der Waals surface area (Å²) in [7, 11) is 1.34. The average Bonchev–Trinajstić information content (AvgIpc) is 2.20. The molecule has 0 aromatic heterocycles. The minimum Gasteiger partial charge on any atom is -0.507 e. The Kier molecular flexibility index (Phi) is 3.73. The number of esters is 1. The predicted octanol–water partition coefficient (Wildman–Crippen LogP) is 1.97. The van der Waals surface area contributed by atoms with Gasteiger partial charge in [0.05, 0.1) is 13.5 Å². The first-order valence-corrected chi connectivity index (χ1v) is 4.25. The maximum absolute atomic E-state index is 10.8. The molecule has 3 heteroatoms. The van der Waals surface area contributed by atoms with E-state index in [1.165, 1.54) is 7.11 Å². The summed E-state index contributed by atoms with van der Waals surface area (Å²) in [5.41, 5.74) is 0.691. The molecule has 1 N–H and O–H groups in total. The molecule has 0 heterocycles. The predicted molar refractivity (Wildman–Crippen MR) is 53.8 cm³/mol. The zero-order valence-electron chi connectivity index (χ0n) is 7.93. The SMILES string of the molecule is COC(=O)C/C=C\c1ccccc1O. The van der Waals surface area contributed by atoms with Crippen molar-refractivity contribution in [1.29, 1.82) is 0 Å². The second-order valence-electron chi connectivity index (χ2n) is 2.74. The Balaban J connectivity index is 2.60. The van der Waals surface area contributed by atoms with Gasteiger partial charge < -0.3 is 9.84 Å². The molecular weight excluding hydrogens is 180 g/mol. The lowest BCUT2D eigenvalue weighted by molar-refractivity contribution is -0.139. The maximum Gasteiger partial charge on any atom is 0.309 e. The van der Waals surface area contributed by atoms with Crippen LogP contribution in [0, 0.1) is 0 Å². The van der Waals surface area contributed by atoms with Crippen LogP contribution in [0.5, 0.6) is 5.75 Å². The number of methoxy groups -OCH3 is 1. The summed E-state index contributed by atoms with van der Waals surface area (Å²) in [5.74, 6) is -0.0923. The van der Waals surface area contributed by atoms with Gasteiger partial charge in [0.15, 0.2) is 0 Å². The Hall–Kier alpha value is -1.77. The highest BCUT2D eigenvalue weighted by Crippen LogP contribution is 2.16. The van der Waals surface area contributed by atoms with Crippen molar-refractivity contribution >= 4 is 12.0 Å². The molecule has 0 saturated heterocycles. The van der Waals surface area contributed by atoms with Gasteiger partial charge in [-0.2, -0.15) is 0 Å². The summed E-state index contributed by atoms with van der Waals surface area (Å²) < 4.78 is 4.47. The van der Waals surface area contributed by atoms with Gasteiger partial charge in [0, 0.05) is 5.56 Å². The molecule has 0 aliphatic rings. The number of aromatic hydroxyl groups is 1. The number of para-hydroxylation sites is 1. The molecular formula is C11H12O3. The number of rotatable bonds is 3. The lowest BCUT2D eigenvalue weighted by Gasteiger charge is -1.96. The topological polar surface area (TPSA) is 46.5 Å². The minimum atomic E-state index is -0.295. The number of phenolic OH excluding ortho intramolecular Hbond substituents is 1. The fraction of sp³-hybridized carbons (Fsp3) is 0.182. The zero-order valence-corrected chi connectivity index (χ0v) is 7.93. The summed E-state index contributed by atoms with van der Waals surface area (Å²) in [6, 6.07) is 6.92. The van der Waals surface area contributed by atoms with E-state index in [0.29, 0.717) is 5.56 Å². The van der Waals surface area contributed by atoms with Gasteiger partial charge in [-0.15, -0.1) is 0 Å². The Morgan fingerprint density at radius 3 is 2.86 bits per heavy atom. The standard InChI is InChI=1S/C11H12O3/c1-14-11(13)8-4-6-9-5-2-3-7-10(9)12/h2-7,12H,8H2,1H3/b6-4-. The third-order valence-electron chi connectivity index (χ3n) is 1.75. The Morgan fingerprint density at radius 2 is 2.21 bits per heavy atom. The van der Waals surface area contributed by atoms with Crippen LogP contribution < -0.4 is 0 Å². The van der Waals surface area contributed by atoms with Crippen LogP contribution in [0.3, 0.4) is 0 Å². The Bertz CT molecular complexity index is 342. The summed E-state index contributed by atoms with van der Waals surface area (Å²) in [6.07, 6.45) is 3.55. The maximum atomic E-state index is 10.8. The van der Waals surface area contributed by atoms with Crippen molar-refractivity contribution in [3.63, 3.8) is 0 Å². The third kappa shape index (κ3) is 2.94. The van der Waals surface area contributed by atoms with Crippen LogP contribution in [-0.4, -0.2) is 18.2 Å². The second-order valence-corrected chi connectivity index (χ2v) is 2.74. The monoisotopic (exact) mass is 192 g/mol. The molecule has 0 atom stereocenters. The number of phenols is 1. The largest absolute Gasteiger partial charge is 0.507 e. The van der Waals surface area contributed by atoms with Gasteiger partial charge in [-0.1, -0.05) is 30.4 Å². The van der Waals surface area contributed by atoms with E-state index in [4.69, 9.17) is 0 Å². The average molecular weight is 192 g/mol. The molecule has 0 saturated carbocycles. The van der Waals surface area contributed by atoms with E-state index in [2.05, 4.69) is 4.74 Å². The van der Waals surface area contributed by atoms with Gasteiger partial charge in [-0.05, 0) is 6.07 Å². The lowest BCUT2D eigenvalue weighted by Crippen LogP contribution is -1.96. The highest BCUT2D eigenvalue weighted by Gasteiger charge is 1.96. The summed E-state index contributed by atoms with van der Waals surface area (Å²) >= 11 is 0. The smallest absolute Gasteiger partial charge is 0.309 e. The van der Waals surface area contributed by atoms with E-state index in [-0.39, 0.29) is 18.1 Å². The van der Waals surface area contributed by atoms with E-state index >= 15 is 0 Å². The quantitative estimate of drug-likeness (QED) is 0.745. The van der Waals surface area contributed by atoms with E-state index in [9.17, 15) is 9.90 Å². The normalized spacial score (nSPS) is 10.4. The van der Waals surface area contributed by atoms with Gasteiger partial charge in [-0.25, -0.2) is 0 Å². The number of hydrogen-bond acceptors (Lipinski definition) is 3.